The van der Waals surface area contributed by atoms with Crippen LogP contribution in [0.15, 0.2) is 77.7 Å². The number of carboxylic acids is 1. The van der Waals surface area contributed by atoms with Crippen LogP contribution < -0.4 is 5.73 Å². The highest BCUT2D eigenvalue weighted by atomic mass is 32.2. The van der Waals surface area contributed by atoms with E-state index in [1.54, 1.807) is 23.9 Å². The zero-order chi connectivity index (χ0) is 22.5. The molecule has 1 fully saturated rings. The average molecular weight is 452 g/mol. The normalized spacial score (nSPS) is 20.7. The van der Waals surface area contributed by atoms with Gasteiger partial charge < -0.3 is 25.4 Å². The predicted octanol–water partition coefficient (Wildman–Crippen LogP) is 4.80. The van der Waals surface area contributed by atoms with Crippen LogP contribution in [0.4, 0.5) is 5.69 Å². The number of hydrogen-bond acceptors (Lipinski definition) is 6. The molecule has 0 spiro atoms. The van der Waals surface area contributed by atoms with Crippen LogP contribution in [0.3, 0.4) is 0 Å². The summed E-state index contributed by atoms with van der Waals surface area (Å²) in [7, 11) is 0. The van der Waals surface area contributed by atoms with Gasteiger partial charge in [0.05, 0.1) is 24.4 Å². The van der Waals surface area contributed by atoms with Crippen LogP contribution in [0.1, 0.15) is 45.9 Å². The van der Waals surface area contributed by atoms with Gasteiger partial charge in [-0.3, -0.25) is 0 Å². The molecule has 1 aliphatic heterocycles. The third kappa shape index (κ3) is 5.49. The summed E-state index contributed by atoms with van der Waals surface area (Å²) in [6, 6.07) is 22.1. The van der Waals surface area contributed by atoms with Gasteiger partial charge in [0.1, 0.15) is 0 Å². The molecule has 1 aliphatic rings. The number of thioether (sulfide) groups is 1. The summed E-state index contributed by atoms with van der Waals surface area (Å²) >= 11 is 1.62. The third-order valence-corrected chi connectivity index (χ3v) is 6.48. The fourth-order valence-electron chi connectivity index (χ4n) is 3.61. The second-order valence-corrected chi connectivity index (χ2v) is 8.75. The molecule has 3 aromatic rings. The molecule has 0 bridgehead atoms. The van der Waals surface area contributed by atoms with E-state index in [0.717, 1.165) is 21.6 Å². The van der Waals surface area contributed by atoms with Crippen LogP contribution >= 0.6 is 11.8 Å². The Hall–Kier alpha value is -2.84. The fraction of sp³-hybridized carbons (Fsp3) is 0.240. The Balaban J connectivity index is 1.51. The molecule has 3 aromatic carbocycles. The smallest absolute Gasteiger partial charge is 0.335 e. The SMILES string of the molecule is Nc1cccc(C2OC(CSc3ccc(C(=O)O)cc3)CC(c3ccc(CO)cc3)O2)c1. The van der Waals surface area contributed by atoms with E-state index in [-0.39, 0.29) is 24.4 Å². The van der Waals surface area contributed by atoms with Gasteiger partial charge in [0.2, 0.25) is 0 Å². The number of nitrogens with two attached hydrogens (primary N) is 1. The predicted molar refractivity (Wildman–Crippen MR) is 123 cm³/mol. The molecule has 166 valence electrons. The molecule has 3 unspecified atom stereocenters. The van der Waals surface area contributed by atoms with Crippen LogP contribution in [0.25, 0.3) is 0 Å². The fourth-order valence-corrected chi connectivity index (χ4v) is 4.53. The molecular weight excluding hydrogens is 426 g/mol. The molecule has 0 aliphatic carbocycles. The number of aliphatic hydroxyl groups is 1. The lowest BCUT2D eigenvalue weighted by molar-refractivity contribution is -0.245. The molecule has 4 N–H and O–H groups in total. The third-order valence-electron chi connectivity index (χ3n) is 5.33. The van der Waals surface area contributed by atoms with Crippen molar-refractivity contribution < 1.29 is 24.5 Å². The van der Waals surface area contributed by atoms with Gasteiger partial charge in [-0.15, -0.1) is 11.8 Å². The minimum atomic E-state index is -0.936. The molecule has 3 atom stereocenters. The second-order valence-electron chi connectivity index (χ2n) is 7.66. The summed E-state index contributed by atoms with van der Waals surface area (Å²) in [5, 5.41) is 18.4. The number of ether oxygens (including phenoxy) is 2. The van der Waals surface area contributed by atoms with Crippen molar-refractivity contribution in [1.29, 1.82) is 0 Å². The maximum absolute atomic E-state index is 11.1. The number of carboxylic acid groups (broad SMARTS) is 1. The standard InChI is InChI=1S/C25H25NO5S/c26-20-3-1-2-19(12-20)25-30-21(15-32-22-10-8-18(9-11-22)24(28)29)13-23(31-25)17-6-4-16(14-27)5-7-17/h1-12,21,23,25,27H,13-15,26H2,(H,28,29). The molecule has 4 rings (SSSR count). The first-order valence-electron chi connectivity index (χ1n) is 10.3. The van der Waals surface area contributed by atoms with Crippen LogP contribution in [-0.4, -0.2) is 28.0 Å². The van der Waals surface area contributed by atoms with E-state index in [2.05, 4.69) is 0 Å². The van der Waals surface area contributed by atoms with Crippen molar-refractivity contribution in [3.05, 3.63) is 95.1 Å². The van der Waals surface area contributed by atoms with E-state index in [0.29, 0.717) is 17.9 Å². The number of benzene rings is 3. The van der Waals surface area contributed by atoms with Gasteiger partial charge in [-0.25, -0.2) is 4.79 Å². The van der Waals surface area contributed by atoms with Gasteiger partial charge in [-0.1, -0.05) is 36.4 Å². The maximum atomic E-state index is 11.1. The number of nitrogen functional groups attached to an aromatic ring is 1. The molecule has 1 heterocycles. The molecule has 32 heavy (non-hydrogen) atoms. The van der Waals surface area contributed by atoms with Gasteiger partial charge >= 0.3 is 5.97 Å². The summed E-state index contributed by atoms with van der Waals surface area (Å²) in [5.74, 6) is -0.242. The molecule has 0 saturated carbocycles. The monoisotopic (exact) mass is 451 g/mol. The van der Waals surface area contributed by atoms with Crippen molar-refractivity contribution >= 4 is 23.4 Å². The highest BCUT2D eigenvalue weighted by Gasteiger charge is 2.32. The van der Waals surface area contributed by atoms with Crippen molar-refractivity contribution in [3.8, 4) is 0 Å². The van der Waals surface area contributed by atoms with E-state index in [1.807, 2.05) is 60.7 Å². The summed E-state index contributed by atoms with van der Waals surface area (Å²) in [4.78, 5) is 12.0. The van der Waals surface area contributed by atoms with Crippen LogP contribution in [-0.2, 0) is 16.1 Å². The van der Waals surface area contributed by atoms with Crippen LogP contribution in [0.5, 0.6) is 0 Å². The Bertz CT molecular complexity index is 1050. The van der Waals surface area contributed by atoms with Crippen molar-refractivity contribution in [2.75, 3.05) is 11.5 Å². The number of aromatic carboxylic acids is 1. The van der Waals surface area contributed by atoms with E-state index in [9.17, 15) is 9.90 Å². The van der Waals surface area contributed by atoms with Gasteiger partial charge in [0.15, 0.2) is 6.29 Å². The Morgan fingerprint density at radius 3 is 2.41 bits per heavy atom. The first-order valence-corrected chi connectivity index (χ1v) is 11.3. The molecule has 6 nitrogen and oxygen atoms in total. The molecule has 1 saturated heterocycles. The minimum absolute atomic E-state index is 0.000759. The molecular formula is C25H25NO5S. The Morgan fingerprint density at radius 2 is 1.75 bits per heavy atom. The van der Waals surface area contributed by atoms with Gasteiger partial charge in [-0.2, -0.15) is 0 Å². The van der Waals surface area contributed by atoms with Gasteiger partial charge in [0, 0.05) is 28.3 Å². The quantitative estimate of drug-likeness (QED) is 0.350. The topological polar surface area (TPSA) is 102 Å². The van der Waals surface area contributed by atoms with Gasteiger partial charge in [-0.05, 0) is 47.5 Å². The first kappa shape index (κ1) is 22.4. The largest absolute Gasteiger partial charge is 0.478 e. The minimum Gasteiger partial charge on any atom is -0.478 e. The summed E-state index contributed by atoms with van der Waals surface area (Å²) < 4.78 is 12.6. The molecule has 0 amide bonds. The van der Waals surface area contributed by atoms with Gasteiger partial charge in [0.25, 0.3) is 0 Å². The Labute approximate surface area is 191 Å². The maximum Gasteiger partial charge on any atom is 0.335 e. The number of carbonyl (C=O) groups is 1. The second kappa shape index (κ2) is 10.2. The lowest BCUT2D eigenvalue weighted by atomic mass is 10.0. The van der Waals surface area contributed by atoms with Crippen molar-refractivity contribution in [2.24, 2.45) is 0 Å². The summed E-state index contributed by atoms with van der Waals surface area (Å²) in [6.45, 7) is 0.000759. The van der Waals surface area contributed by atoms with Crippen LogP contribution in [0.2, 0.25) is 0 Å². The Morgan fingerprint density at radius 1 is 1.00 bits per heavy atom. The highest BCUT2D eigenvalue weighted by Crippen LogP contribution is 2.39. The van der Waals surface area contributed by atoms with E-state index < -0.39 is 12.3 Å². The molecule has 0 aromatic heterocycles. The van der Waals surface area contributed by atoms with Crippen molar-refractivity contribution in [1.82, 2.24) is 0 Å². The Kier molecular flexibility index (Phi) is 7.12. The molecule has 7 heteroatoms. The summed E-state index contributed by atoms with van der Waals surface area (Å²) in [6.07, 6.45) is -0.114. The average Bonchev–Trinajstić information content (AvgIpc) is 2.83. The number of anilines is 1. The van der Waals surface area contributed by atoms with Crippen molar-refractivity contribution in [3.63, 3.8) is 0 Å². The zero-order valence-electron chi connectivity index (χ0n) is 17.4. The number of rotatable bonds is 7. The van der Waals surface area contributed by atoms with Crippen LogP contribution in [0, 0.1) is 0 Å². The summed E-state index contributed by atoms with van der Waals surface area (Å²) in [5.41, 5.74) is 9.62. The highest BCUT2D eigenvalue weighted by molar-refractivity contribution is 7.99. The number of aliphatic hydroxyl groups excluding tert-OH is 1. The first-order chi connectivity index (χ1) is 15.5. The lowest BCUT2D eigenvalue weighted by Crippen LogP contribution is -2.31. The number of hydrogen-bond donors (Lipinski definition) is 3. The van der Waals surface area contributed by atoms with E-state index >= 15 is 0 Å². The van der Waals surface area contributed by atoms with Crippen molar-refractivity contribution in [2.45, 2.75) is 36.4 Å². The molecule has 0 radical (unpaired) electrons. The van der Waals surface area contributed by atoms with E-state index in [1.165, 1.54) is 0 Å². The lowest BCUT2D eigenvalue weighted by Gasteiger charge is -2.36. The van der Waals surface area contributed by atoms with E-state index in [4.69, 9.17) is 20.3 Å². The zero-order valence-corrected chi connectivity index (χ0v) is 18.2.